The predicted octanol–water partition coefficient (Wildman–Crippen LogP) is 2.78. The van der Waals surface area contributed by atoms with Gasteiger partial charge in [0, 0.05) is 0 Å². The Bertz CT molecular complexity index is 309. The molecule has 0 aliphatic rings. The van der Waals surface area contributed by atoms with Gasteiger partial charge in [-0.3, -0.25) is 0 Å². The molecule has 1 aromatic rings. The van der Waals surface area contributed by atoms with Gasteiger partial charge >= 0.3 is 0 Å². The van der Waals surface area contributed by atoms with E-state index in [1.54, 1.807) is 6.08 Å². The fraction of sp³-hybridized carbons (Fsp3) is 0.364. The average molecular weight is 175 g/mol. The minimum atomic E-state index is -0.0295. The highest BCUT2D eigenvalue weighted by Gasteiger charge is 2.05. The van der Waals surface area contributed by atoms with Crippen LogP contribution in [0.25, 0.3) is 0 Å². The molecule has 0 bridgehead atoms. The van der Waals surface area contributed by atoms with Crippen LogP contribution in [0.4, 0.5) is 0 Å². The average Bonchev–Trinajstić information content (AvgIpc) is 2.16. The maximum atomic E-state index is 10.1. The van der Waals surface area contributed by atoms with Gasteiger partial charge in [-0.25, -0.2) is 4.79 Å². The third kappa shape index (κ3) is 2.53. The summed E-state index contributed by atoms with van der Waals surface area (Å²) in [5.41, 5.74) is 2.30. The summed E-state index contributed by atoms with van der Waals surface area (Å²) < 4.78 is 0. The smallest absolute Gasteiger partial charge is 0.211 e. The maximum Gasteiger partial charge on any atom is 0.235 e. The van der Waals surface area contributed by atoms with Crippen LogP contribution in [-0.4, -0.2) is 6.08 Å². The highest BCUT2D eigenvalue weighted by atomic mass is 16.1. The zero-order chi connectivity index (χ0) is 9.68. The molecule has 0 aromatic heterocycles. The molecule has 1 unspecified atom stereocenters. The summed E-state index contributed by atoms with van der Waals surface area (Å²) in [6.45, 7) is 4.04. The lowest BCUT2D eigenvalue weighted by Crippen LogP contribution is -1.92. The third-order valence-electron chi connectivity index (χ3n) is 2.06. The number of nitrogens with zero attached hydrogens (tertiary/aromatic N) is 1. The highest BCUT2D eigenvalue weighted by Crippen LogP contribution is 2.20. The van der Waals surface area contributed by atoms with Gasteiger partial charge in [0.05, 0.1) is 6.04 Å². The van der Waals surface area contributed by atoms with E-state index in [4.69, 9.17) is 0 Å². The Morgan fingerprint density at radius 1 is 1.38 bits per heavy atom. The minimum Gasteiger partial charge on any atom is -0.211 e. The second-order valence-corrected chi connectivity index (χ2v) is 3.06. The summed E-state index contributed by atoms with van der Waals surface area (Å²) in [4.78, 5) is 13.9. The molecule has 0 saturated heterocycles. The van der Waals surface area contributed by atoms with E-state index < -0.39 is 0 Å². The van der Waals surface area contributed by atoms with Crippen molar-refractivity contribution in [2.45, 2.75) is 26.3 Å². The molecule has 2 heteroatoms. The van der Waals surface area contributed by atoms with Gasteiger partial charge in [-0.2, -0.15) is 4.99 Å². The first-order valence-corrected chi connectivity index (χ1v) is 4.41. The first kappa shape index (κ1) is 9.69. The van der Waals surface area contributed by atoms with Crippen LogP contribution in [0.15, 0.2) is 29.3 Å². The maximum absolute atomic E-state index is 10.1. The first-order chi connectivity index (χ1) is 6.27. The molecule has 0 radical (unpaired) electrons. The second kappa shape index (κ2) is 4.58. The van der Waals surface area contributed by atoms with Crippen LogP contribution in [0.2, 0.25) is 0 Å². The first-order valence-electron chi connectivity index (χ1n) is 4.41. The van der Waals surface area contributed by atoms with Gasteiger partial charge in [0.25, 0.3) is 0 Å². The Kier molecular flexibility index (Phi) is 3.41. The van der Waals surface area contributed by atoms with Crippen molar-refractivity contribution in [3.8, 4) is 0 Å². The van der Waals surface area contributed by atoms with Gasteiger partial charge in [0.15, 0.2) is 0 Å². The van der Waals surface area contributed by atoms with Gasteiger partial charge in [-0.05, 0) is 18.9 Å². The molecule has 1 rings (SSSR count). The zero-order valence-electron chi connectivity index (χ0n) is 7.95. The molecule has 0 spiro atoms. The normalized spacial score (nSPS) is 11.8. The summed E-state index contributed by atoms with van der Waals surface area (Å²) in [6, 6.07) is 8.03. The molecule has 13 heavy (non-hydrogen) atoms. The molecule has 2 nitrogen and oxygen atoms in total. The second-order valence-electron chi connectivity index (χ2n) is 3.06. The number of aliphatic imine (C=N–C) groups is 1. The summed E-state index contributed by atoms with van der Waals surface area (Å²) in [7, 11) is 0. The van der Waals surface area contributed by atoms with Gasteiger partial charge in [-0.1, -0.05) is 36.8 Å². The Morgan fingerprint density at radius 3 is 2.46 bits per heavy atom. The SMILES string of the molecule is CCC(N=C=O)c1ccc(C)cc1. The van der Waals surface area contributed by atoms with Crippen LogP contribution in [0.5, 0.6) is 0 Å². The molecular weight excluding hydrogens is 162 g/mol. The van der Waals surface area contributed by atoms with Crippen LogP contribution in [0.3, 0.4) is 0 Å². The number of hydrogen-bond donors (Lipinski definition) is 0. The van der Waals surface area contributed by atoms with Crippen LogP contribution in [0, 0.1) is 6.92 Å². The van der Waals surface area contributed by atoms with Crippen LogP contribution in [0.1, 0.15) is 30.5 Å². The Balaban J connectivity index is 2.91. The van der Waals surface area contributed by atoms with Gasteiger partial charge < -0.3 is 0 Å². The van der Waals surface area contributed by atoms with Crippen LogP contribution < -0.4 is 0 Å². The van der Waals surface area contributed by atoms with E-state index in [0.717, 1.165) is 12.0 Å². The molecule has 0 N–H and O–H groups in total. The van der Waals surface area contributed by atoms with Crippen molar-refractivity contribution in [2.24, 2.45) is 4.99 Å². The van der Waals surface area contributed by atoms with Gasteiger partial charge in [0.2, 0.25) is 6.08 Å². The largest absolute Gasteiger partial charge is 0.235 e. The highest BCUT2D eigenvalue weighted by molar-refractivity contribution is 5.35. The lowest BCUT2D eigenvalue weighted by atomic mass is 10.0. The Hall–Kier alpha value is -1.40. The lowest BCUT2D eigenvalue weighted by Gasteiger charge is -2.07. The summed E-state index contributed by atoms with van der Waals surface area (Å²) in [6.07, 6.45) is 2.44. The van der Waals surface area contributed by atoms with Crippen molar-refractivity contribution in [1.29, 1.82) is 0 Å². The summed E-state index contributed by atoms with van der Waals surface area (Å²) >= 11 is 0. The van der Waals surface area contributed by atoms with E-state index in [9.17, 15) is 4.79 Å². The van der Waals surface area contributed by atoms with Crippen molar-refractivity contribution in [3.63, 3.8) is 0 Å². The number of benzene rings is 1. The predicted molar refractivity (Wildman–Crippen MR) is 52.3 cm³/mol. The molecule has 0 fully saturated rings. The van der Waals surface area contributed by atoms with E-state index in [2.05, 4.69) is 4.99 Å². The van der Waals surface area contributed by atoms with E-state index in [1.165, 1.54) is 5.56 Å². The number of hydrogen-bond acceptors (Lipinski definition) is 2. The van der Waals surface area contributed by atoms with Crippen molar-refractivity contribution in [3.05, 3.63) is 35.4 Å². The van der Waals surface area contributed by atoms with E-state index in [1.807, 2.05) is 38.1 Å². The summed E-state index contributed by atoms with van der Waals surface area (Å²) in [5, 5.41) is 0. The molecule has 0 amide bonds. The fourth-order valence-corrected chi connectivity index (χ4v) is 1.25. The molecule has 1 aromatic carbocycles. The Morgan fingerprint density at radius 2 is 2.00 bits per heavy atom. The van der Waals surface area contributed by atoms with E-state index >= 15 is 0 Å². The minimum absolute atomic E-state index is 0.0295. The molecule has 0 saturated carbocycles. The lowest BCUT2D eigenvalue weighted by molar-refractivity contribution is 0.556. The van der Waals surface area contributed by atoms with Crippen molar-refractivity contribution in [1.82, 2.24) is 0 Å². The van der Waals surface area contributed by atoms with Crippen LogP contribution in [-0.2, 0) is 4.79 Å². The van der Waals surface area contributed by atoms with Gasteiger partial charge in [0.1, 0.15) is 0 Å². The molecule has 0 aliphatic heterocycles. The summed E-state index contributed by atoms with van der Waals surface area (Å²) in [5.74, 6) is 0. The van der Waals surface area contributed by atoms with Gasteiger partial charge in [-0.15, -0.1) is 0 Å². The van der Waals surface area contributed by atoms with Crippen LogP contribution >= 0.6 is 0 Å². The fourth-order valence-electron chi connectivity index (χ4n) is 1.25. The third-order valence-corrected chi connectivity index (χ3v) is 2.06. The standard InChI is InChI=1S/C11H13NO/c1-3-11(12-8-13)10-6-4-9(2)5-7-10/h4-7,11H,3H2,1-2H3. The zero-order valence-corrected chi connectivity index (χ0v) is 7.95. The molecule has 0 aliphatic carbocycles. The molecule has 0 heterocycles. The number of rotatable bonds is 3. The van der Waals surface area contributed by atoms with E-state index in [-0.39, 0.29) is 6.04 Å². The topological polar surface area (TPSA) is 29.4 Å². The van der Waals surface area contributed by atoms with Crippen molar-refractivity contribution in [2.75, 3.05) is 0 Å². The Labute approximate surface area is 78.3 Å². The van der Waals surface area contributed by atoms with Crippen molar-refractivity contribution < 1.29 is 4.79 Å². The number of isocyanates is 1. The monoisotopic (exact) mass is 175 g/mol. The number of carbonyl (C=O) groups excluding carboxylic acids is 1. The molecule has 68 valence electrons. The number of aryl methyl sites for hydroxylation is 1. The molecular formula is C11H13NO. The quantitative estimate of drug-likeness (QED) is 0.513. The van der Waals surface area contributed by atoms with Crippen molar-refractivity contribution >= 4 is 6.08 Å². The van der Waals surface area contributed by atoms with E-state index in [0.29, 0.717) is 0 Å². The molecule has 1 atom stereocenters.